The molecule has 0 aromatic heterocycles. The topological polar surface area (TPSA) is 12.0 Å². The van der Waals surface area contributed by atoms with Crippen LogP contribution in [0, 0.1) is 6.92 Å². The number of rotatable bonds is 3. The van der Waals surface area contributed by atoms with Gasteiger partial charge in [0.25, 0.3) is 0 Å². The molecule has 0 aliphatic carbocycles. The number of nitrogens with one attached hydrogen (secondary N) is 1. The van der Waals surface area contributed by atoms with Gasteiger partial charge in [0.15, 0.2) is 0 Å². The second-order valence-corrected chi connectivity index (χ2v) is 3.94. The summed E-state index contributed by atoms with van der Waals surface area (Å²) in [6.45, 7) is 3.21. The van der Waals surface area contributed by atoms with E-state index in [9.17, 15) is 0 Å². The van der Waals surface area contributed by atoms with Crippen LogP contribution < -0.4 is 5.32 Å². The molecule has 0 radical (unpaired) electrons. The van der Waals surface area contributed by atoms with Crippen molar-refractivity contribution in [2.24, 2.45) is 0 Å². The molecule has 0 saturated carbocycles. The van der Waals surface area contributed by atoms with E-state index >= 15 is 0 Å². The Balaban J connectivity index is 2.51. The minimum atomic E-state index is 1.03. The molecule has 0 aliphatic rings. The largest absolute Gasteiger partial charge is 0.319 e. The highest BCUT2D eigenvalue weighted by Gasteiger charge is 2.01. The third kappa shape index (κ3) is 2.02. The molecule has 1 nitrogen and oxygen atoms in total. The van der Waals surface area contributed by atoms with Gasteiger partial charge in [0, 0.05) is 0 Å². The van der Waals surface area contributed by atoms with Gasteiger partial charge in [0.1, 0.15) is 0 Å². The number of fused-ring (bicyclic) bond motifs is 1. The van der Waals surface area contributed by atoms with E-state index in [1.165, 1.54) is 21.9 Å². The van der Waals surface area contributed by atoms with Gasteiger partial charge in [0.05, 0.1) is 0 Å². The number of aryl methyl sites for hydroxylation is 1. The molecule has 0 atom stereocenters. The smallest absolute Gasteiger partial charge is 0.00111 e. The highest BCUT2D eigenvalue weighted by molar-refractivity contribution is 5.88. The van der Waals surface area contributed by atoms with E-state index in [-0.39, 0.29) is 0 Å². The highest BCUT2D eigenvalue weighted by Crippen LogP contribution is 2.22. The molecule has 0 spiro atoms. The molecule has 78 valence electrons. The molecule has 0 aliphatic heterocycles. The summed E-state index contributed by atoms with van der Waals surface area (Å²) < 4.78 is 0. The van der Waals surface area contributed by atoms with Crippen molar-refractivity contribution in [3.8, 4) is 0 Å². The Labute approximate surface area is 91.1 Å². The second kappa shape index (κ2) is 4.45. The fourth-order valence-corrected chi connectivity index (χ4v) is 1.99. The third-order valence-electron chi connectivity index (χ3n) is 2.88. The molecule has 0 fully saturated rings. The summed E-state index contributed by atoms with van der Waals surface area (Å²) in [5.74, 6) is 0. The molecule has 0 saturated heterocycles. The number of benzene rings is 2. The lowest BCUT2D eigenvalue weighted by molar-refractivity contribution is 0.795. The maximum absolute atomic E-state index is 3.20. The average molecular weight is 199 g/mol. The van der Waals surface area contributed by atoms with Crippen LogP contribution >= 0.6 is 0 Å². The average Bonchev–Trinajstić information content (AvgIpc) is 2.29. The molecule has 0 bridgehead atoms. The first kappa shape index (κ1) is 10.2. The fourth-order valence-electron chi connectivity index (χ4n) is 1.99. The molecule has 0 heterocycles. The standard InChI is InChI=1S/C14H17N/c1-11-7-8-12(9-10-15-2)14-6-4-3-5-13(11)14/h3-8,15H,9-10H2,1-2H3. The van der Waals surface area contributed by atoms with E-state index in [0.717, 1.165) is 13.0 Å². The Bertz CT molecular complexity index is 460. The van der Waals surface area contributed by atoms with Gasteiger partial charge < -0.3 is 5.32 Å². The van der Waals surface area contributed by atoms with E-state index < -0.39 is 0 Å². The number of likely N-dealkylation sites (N-methyl/N-ethyl adjacent to an activating group) is 1. The predicted molar refractivity (Wildman–Crippen MR) is 66.3 cm³/mol. The van der Waals surface area contributed by atoms with Crippen LogP contribution in [0.15, 0.2) is 36.4 Å². The van der Waals surface area contributed by atoms with Gasteiger partial charge in [-0.05, 0) is 48.8 Å². The van der Waals surface area contributed by atoms with Crippen molar-refractivity contribution in [1.82, 2.24) is 5.32 Å². The molecular weight excluding hydrogens is 182 g/mol. The van der Waals surface area contributed by atoms with Crippen molar-refractivity contribution in [1.29, 1.82) is 0 Å². The van der Waals surface area contributed by atoms with Gasteiger partial charge in [-0.25, -0.2) is 0 Å². The van der Waals surface area contributed by atoms with Crippen LogP contribution in [0.5, 0.6) is 0 Å². The monoisotopic (exact) mass is 199 g/mol. The maximum Gasteiger partial charge on any atom is -0.00111 e. The van der Waals surface area contributed by atoms with Gasteiger partial charge >= 0.3 is 0 Å². The molecule has 2 rings (SSSR count). The van der Waals surface area contributed by atoms with Crippen molar-refractivity contribution in [2.75, 3.05) is 13.6 Å². The SMILES string of the molecule is CNCCc1ccc(C)c2ccccc12. The summed E-state index contributed by atoms with van der Waals surface area (Å²) in [6.07, 6.45) is 1.09. The van der Waals surface area contributed by atoms with E-state index in [2.05, 4.69) is 48.6 Å². The van der Waals surface area contributed by atoms with E-state index in [1.807, 2.05) is 7.05 Å². The molecule has 0 amide bonds. The first-order valence-corrected chi connectivity index (χ1v) is 5.45. The van der Waals surface area contributed by atoms with Crippen LogP contribution in [0.2, 0.25) is 0 Å². The van der Waals surface area contributed by atoms with Crippen LogP contribution in [0.4, 0.5) is 0 Å². The summed E-state index contributed by atoms with van der Waals surface area (Å²) in [6, 6.07) is 13.1. The van der Waals surface area contributed by atoms with Crippen molar-refractivity contribution in [3.63, 3.8) is 0 Å². The minimum absolute atomic E-state index is 1.03. The molecule has 2 aromatic carbocycles. The lowest BCUT2D eigenvalue weighted by Crippen LogP contribution is -2.10. The van der Waals surface area contributed by atoms with Crippen LogP contribution in [0.25, 0.3) is 10.8 Å². The van der Waals surface area contributed by atoms with Crippen molar-refractivity contribution >= 4 is 10.8 Å². The van der Waals surface area contributed by atoms with Gasteiger partial charge in [-0.3, -0.25) is 0 Å². The normalized spacial score (nSPS) is 10.8. The molecule has 1 heteroatoms. The van der Waals surface area contributed by atoms with Crippen LogP contribution in [0.3, 0.4) is 0 Å². The predicted octanol–water partition coefficient (Wildman–Crippen LogP) is 2.91. The van der Waals surface area contributed by atoms with Gasteiger partial charge in [-0.15, -0.1) is 0 Å². The summed E-state index contributed by atoms with van der Waals surface area (Å²) in [5, 5.41) is 5.97. The summed E-state index contributed by atoms with van der Waals surface area (Å²) in [7, 11) is 2.00. The maximum atomic E-state index is 3.20. The third-order valence-corrected chi connectivity index (χ3v) is 2.88. The van der Waals surface area contributed by atoms with Crippen molar-refractivity contribution in [3.05, 3.63) is 47.5 Å². The first-order valence-electron chi connectivity index (χ1n) is 5.45. The summed E-state index contributed by atoms with van der Waals surface area (Å²) >= 11 is 0. The summed E-state index contributed by atoms with van der Waals surface area (Å²) in [5.41, 5.74) is 2.80. The minimum Gasteiger partial charge on any atom is -0.319 e. The molecule has 2 aromatic rings. The Hall–Kier alpha value is -1.34. The van der Waals surface area contributed by atoms with Crippen LogP contribution in [0.1, 0.15) is 11.1 Å². The zero-order chi connectivity index (χ0) is 10.7. The van der Waals surface area contributed by atoms with Crippen molar-refractivity contribution < 1.29 is 0 Å². The van der Waals surface area contributed by atoms with Gasteiger partial charge in [-0.2, -0.15) is 0 Å². The molecule has 1 N–H and O–H groups in total. The Morgan fingerprint density at radius 2 is 1.73 bits per heavy atom. The molecular formula is C14H17N. The van der Waals surface area contributed by atoms with E-state index in [0.29, 0.717) is 0 Å². The quantitative estimate of drug-likeness (QED) is 0.801. The van der Waals surface area contributed by atoms with Gasteiger partial charge in [0.2, 0.25) is 0 Å². The zero-order valence-electron chi connectivity index (χ0n) is 9.38. The second-order valence-electron chi connectivity index (χ2n) is 3.94. The Morgan fingerprint density at radius 3 is 2.47 bits per heavy atom. The highest BCUT2D eigenvalue weighted by atomic mass is 14.8. The van der Waals surface area contributed by atoms with Crippen LogP contribution in [-0.2, 0) is 6.42 Å². The summed E-state index contributed by atoms with van der Waals surface area (Å²) in [4.78, 5) is 0. The van der Waals surface area contributed by atoms with Crippen LogP contribution in [-0.4, -0.2) is 13.6 Å². The van der Waals surface area contributed by atoms with E-state index in [4.69, 9.17) is 0 Å². The molecule has 15 heavy (non-hydrogen) atoms. The number of hydrogen-bond acceptors (Lipinski definition) is 1. The van der Waals surface area contributed by atoms with Gasteiger partial charge in [-0.1, -0.05) is 36.4 Å². The van der Waals surface area contributed by atoms with E-state index in [1.54, 1.807) is 0 Å². The molecule has 0 unspecified atom stereocenters. The lowest BCUT2D eigenvalue weighted by atomic mass is 9.98. The zero-order valence-corrected chi connectivity index (χ0v) is 9.38. The fraction of sp³-hybridized carbons (Fsp3) is 0.286. The first-order chi connectivity index (χ1) is 7.33. The lowest BCUT2D eigenvalue weighted by Gasteiger charge is -2.08. The number of hydrogen-bond donors (Lipinski definition) is 1. The Kier molecular flexibility index (Phi) is 3.02. The van der Waals surface area contributed by atoms with Crippen molar-refractivity contribution in [2.45, 2.75) is 13.3 Å². The Morgan fingerprint density at radius 1 is 1.00 bits per heavy atom.